The number of nitrogens with zero attached hydrogens (tertiary/aromatic N) is 3. The molecule has 1 heterocycles. The average Bonchev–Trinajstić information content (AvgIpc) is 2.30. The Morgan fingerprint density at radius 3 is 2.67 bits per heavy atom. The highest BCUT2D eigenvalue weighted by Gasteiger charge is 2.08. The molecule has 0 saturated carbocycles. The molecule has 1 rings (SSSR count). The zero-order chi connectivity index (χ0) is 9.14. The van der Waals surface area contributed by atoms with Crippen LogP contribution in [0.3, 0.4) is 0 Å². The van der Waals surface area contributed by atoms with Crippen molar-refractivity contribution in [2.75, 3.05) is 6.61 Å². The van der Waals surface area contributed by atoms with Gasteiger partial charge in [0.2, 0.25) is 5.88 Å². The quantitative estimate of drug-likeness (QED) is 0.655. The van der Waals surface area contributed by atoms with E-state index < -0.39 is 0 Å². The SMILES string of the molecule is Cc1c(OCC#N)nn(C)c1C. The van der Waals surface area contributed by atoms with Crippen LogP contribution in [-0.4, -0.2) is 16.4 Å². The van der Waals surface area contributed by atoms with Crippen LogP contribution < -0.4 is 4.74 Å². The van der Waals surface area contributed by atoms with E-state index >= 15 is 0 Å². The molecule has 0 spiro atoms. The normalized spacial score (nSPS) is 9.50. The molecule has 4 nitrogen and oxygen atoms in total. The summed E-state index contributed by atoms with van der Waals surface area (Å²) in [7, 11) is 1.85. The van der Waals surface area contributed by atoms with Crippen molar-refractivity contribution in [3.8, 4) is 11.9 Å². The predicted molar refractivity (Wildman–Crippen MR) is 43.8 cm³/mol. The van der Waals surface area contributed by atoms with E-state index in [0.29, 0.717) is 5.88 Å². The Morgan fingerprint density at radius 1 is 1.58 bits per heavy atom. The Labute approximate surface area is 71.4 Å². The number of aryl methyl sites for hydroxylation is 1. The molecule has 0 bridgehead atoms. The van der Waals surface area contributed by atoms with Gasteiger partial charge in [-0.3, -0.25) is 4.68 Å². The molecule has 0 aliphatic heterocycles. The van der Waals surface area contributed by atoms with Crippen LogP contribution in [0.4, 0.5) is 0 Å². The lowest BCUT2D eigenvalue weighted by Gasteiger charge is -1.95. The number of aromatic nitrogens is 2. The second kappa shape index (κ2) is 3.26. The van der Waals surface area contributed by atoms with Crippen LogP contribution >= 0.6 is 0 Å². The van der Waals surface area contributed by atoms with Crippen LogP contribution in [0.25, 0.3) is 0 Å². The van der Waals surface area contributed by atoms with E-state index in [2.05, 4.69) is 5.10 Å². The van der Waals surface area contributed by atoms with Crippen LogP contribution in [0.2, 0.25) is 0 Å². The average molecular weight is 165 g/mol. The van der Waals surface area contributed by atoms with Crippen molar-refractivity contribution in [3.63, 3.8) is 0 Å². The molecule has 4 heteroatoms. The van der Waals surface area contributed by atoms with E-state index in [1.807, 2.05) is 27.0 Å². The molecule has 1 aromatic heterocycles. The van der Waals surface area contributed by atoms with Gasteiger partial charge < -0.3 is 4.74 Å². The molecule has 0 aliphatic carbocycles. The van der Waals surface area contributed by atoms with Crippen molar-refractivity contribution in [1.82, 2.24) is 9.78 Å². The van der Waals surface area contributed by atoms with E-state index in [1.165, 1.54) is 0 Å². The first-order valence-electron chi connectivity index (χ1n) is 3.66. The predicted octanol–water partition coefficient (Wildman–Crippen LogP) is 0.939. The number of nitriles is 1. The number of rotatable bonds is 2. The Kier molecular flexibility index (Phi) is 2.34. The largest absolute Gasteiger partial charge is 0.461 e. The third-order valence-electron chi connectivity index (χ3n) is 1.86. The molecular formula is C8H11N3O. The topological polar surface area (TPSA) is 50.8 Å². The molecule has 0 unspecified atom stereocenters. The van der Waals surface area contributed by atoms with E-state index in [1.54, 1.807) is 4.68 Å². The highest BCUT2D eigenvalue weighted by Crippen LogP contribution is 2.17. The summed E-state index contributed by atoms with van der Waals surface area (Å²) < 4.78 is 6.83. The molecule has 64 valence electrons. The molecule has 0 saturated heterocycles. The van der Waals surface area contributed by atoms with Crippen LogP contribution in [0.1, 0.15) is 11.3 Å². The first kappa shape index (κ1) is 8.60. The molecule has 0 amide bonds. The lowest BCUT2D eigenvalue weighted by Crippen LogP contribution is -1.96. The Hall–Kier alpha value is -1.50. The van der Waals surface area contributed by atoms with Gasteiger partial charge in [0.25, 0.3) is 0 Å². The first-order valence-corrected chi connectivity index (χ1v) is 3.66. The van der Waals surface area contributed by atoms with Gasteiger partial charge in [-0.1, -0.05) is 0 Å². The second-order valence-electron chi connectivity index (χ2n) is 2.59. The van der Waals surface area contributed by atoms with Crippen LogP contribution in [0.15, 0.2) is 0 Å². The summed E-state index contributed by atoms with van der Waals surface area (Å²) in [6.07, 6.45) is 0. The summed E-state index contributed by atoms with van der Waals surface area (Å²) in [6.45, 7) is 3.94. The first-order chi connectivity index (χ1) is 5.66. The van der Waals surface area contributed by atoms with Gasteiger partial charge in [0.1, 0.15) is 6.07 Å². The zero-order valence-electron chi connectivity index (χ0n) is 7.46. The summed E-state index contributed by atoms with van der Waals surface area (Å²) in [5.74, 6) is 0.552. The van der Waals surface area contributed by atoms with Gasteiger partial charge >= 0.3 is 0 Å². The second-order valence-corrected chi connectivity index (χ2v) is 2.59. The fourth-order valence-corrected chi connectivity index (χ4v) is 0.921. The van der Waals surface area contributed by atoms with Crippen molar-refractivity contribution in [1.29, 1.82) is 5.26 Å². The van der Waals surface area contributed by atoms with Crippen molar-refractivity contribution in [2.45, 2.75) is 13.8 Å². The van der Waals surface area contributed by atoms with Gasteiger partial charge in [0.05, 0.1) is 0 Å². The fourth-order valence-electron chi connectivity index (χ4n) is 0.921. The van der Waals surface area contributed by atoms with Crippen molar-refractivity contribution in [2.24, 2.45) is 7.05 Å². The maximum atomic E-state index is 8.28. The molecule has 0 atom stereocenters. The van der Waals surface area contributed by atoms with Crippen molar-refractivity contribution in [3.05, 3.63) is 11.3 Å². The standard InChI is InChI=1S/C8H11N3O/c1-6-7(2)11(3)10-8(6)12-5-4-9/h5H2,1-3H3. The maximum Gasteiger partial charge on any atom is 0.237 e. The van der Waals surface area contributed by atoms with Crippen molar-refractivity contribution < 1.29 is 4.74 Å². The van der Waals surface area contributed by atoms with Gasteiger partial charge in [0, 0.05) is 18.3 Å². The molecule has 1 aromatic rings. The zero-order valence-corrected chi connectivity index (χ0v) is 7.46. The lowest BCUT2D eigenvalue weighted by molar-refractivity contribution is 0.347. The Morgan fingerprint density at radius 2 is 2.25 bits per heavy atom. The summed E-state index contributed by atoms with van der Waals surface area (Å²) in [6, 6.07) is 1.90. The highest BCUT2D eigenvalue weighted by molar-refractivity contribution is 5.28. The minimum Gasteiger partial charge on any atom is -0.461 e. The smallest absolute Gasteiger partial charge is 0.237 e. The Bertz CT molecular complexity index is 322. The number of ether oxygens (including phenoxy) is 1. The number of hydrogen-bond acceptors (Lipinski definition) is 3. The lowest BCUT2D eigenvalue weighted by atomic mass is 10.3. The summed E-state index contributed by atoms with van der Waals surface area (Å²) >= 11 is 0. The van der Waals surface area contributed by atoms with Gasteiger partial charge in [-0.05, 0) is 13.8 Å². The highest BCUT2D eigenvalue weighted by atomic mass is 16.5. The molecule has 0 aliphatic rings. The van der Waals surface area contributed by atoms with Gasteiger partial charge in [-0.15, -0.1) is 5.10 Å². The molecule has 0 N–H and O–H groups in total. The molecule has 0 fully saturated rings. The van der Waals surface area contributed by atoms with E-state index in [-0.39, 0.29) is 6.61 Å². The fraction of sp³-hybridized carbons (Fsp3) is 0.500. The van der Waals surface area contributed by atoms with Crippen LogP contribution in [0.5, 0.6) is 5.88 Å². The summed E-state index contributed by atoms with van der Waals surface area (Å²) in [5.41, 5.74) is 2.05. The van der Waals surface area contributed by atoms with Crippen LogP contribution in [0, 0.1) is 25.2 Å². The van der Waals surface area contributed by atoms with Gasteiger partial charge in [-0.25, -0.2) is 0 Å². The van der Waals surface area contributed by atoms with Crippen molar-refractivity contribution >= 4 is 0 Å². The number of hydrogen-bond donors (Lipinski definition) is 0. The van der Waals surface area contributed by atoms with Crippen LogP contribution in [-0.2, 0) is 7.05 Å². The Balaban J connectivity index is 2.87. The minimum absolute atomic E-state index is 0.0529. The minimum atomic E-state index is 0.0529. The molecule has 12 heavy (non-hydrogen) atoms. The van der Waals surface area contributed by atoms with E-state index in [4.69, 9.17) is 10.00 Å². The molecule has 0 radical (unpaired) electrons. The molecular weight excluding hydrogens is 154 g/mol. The van der Waals surface area contributed by atoms with Gasteiger partial charge in [0.15, 0.2) is 6.61 Å². The third kappa shape index (κ3) is 1.40. The third-order valence-corrected chi connectivity index (χ3v) is 1.86. The summed E-state index contributed by atoms with van der Waals surface area (Å²) in [5, 5.41) is 12.4. The monoisotopic (exact) mass is 165 g/mol. The maximum absolute atomic E-state index is 8.28. The van der Waals surface area contributed by atoms with E-state index in [0.717, 1.165) is 11.3 Å². The summed E-state index contributed by atoms with van der Waals surface area (Å²) in [4.78, 5) is 0. The van der Waals surface area contributed by atoms with Gasteiger partial charge in [-0.2, -0.15) is 5.26 Å². The molecule has 0 aromatic carbocycles. The van der Waals surface area contributed by atoms with E-state index in [9.17, 15) is 0 Å².